The molecule has 2 nitrogen and oxygen atoms in total. The second-order valence-corrected chi connectivity index (χ2v) is 5.93. The molecule has 128 valence electrons. The molecule has 0 aromatic heterocycles. The highest BCUT2D eigenvalue weighted by atomic mass is 19.1. The molecule has 3 heteroatoms. The summed E-state index contributed by atoms with van der Waals surface area (Å²) in [5.41, 5.74) is 4.50. The van der Waals surface area contributed by atoms with E-state index in [1.165, 1.54) is 28.9 Å². The van der Waals surface area contributed by atoms with Crippen LogP contribution in [0.15, 0.2) is 72.8 Å². The maximum Gasteiger partial charge on any atom is 0.123 e. The molecule has 1 N–H and O–H groups in total. The van der Waals surface area contributed by atoms with Crippen LogP contribution in [0.2, 0.25) is 0 Å². The van der Waals surface area contributed by atoms with Crippen molar-refractivity contribution in [2.24, 2.45) is 0 Å². The Balaban J connectivity index is 1.55. The van der Waals surface area contributed by atoms with Gasteiger partial charge < -0.3 is 10.1 Å². The molecule has 3 aromatic rings. The summed E-state index contributed by atoms with van der Waals surface area (Å²) in [7, 11) is 0. The van der Waals surface area contributed by atoms with Crippen molar-refractivity contribution in [1.82, 2.24) is 0 Å². The van der Waals surface area contributed by atoms with E-state index >= 15 is 0 Å². The summed E-state index contributed by atoms with van der Waals surface area (Å²) >= 11 is 0. The molecule has 0 atom stereocenters. The second-order valence-electron chi connectivity index (χ2n) is 5.93. The highest BCUT2D eigenvalue weighted by Gasteiger charge is 2.01. The third kappa shape index (κ3) is 4.83. The maximum absolute atomic E-state index is 13.2. The molecule has 0 aliphatic rings. The number of benzene rings is 3. The van der Waals surface area contributed by atoms with Crippen molar-refractivity contribution < 1.29 is 9.13 Å². The van der Waals surface area contributed by atoms with Crippen molar-refractivity contribution in [3.8, 4) is 5.75 Å². The number of para-hydroxylation sites is 1. The molecule has 0 aliphatic heterocycles. The fraction of sp³-hybridized carbons (Fsp3) is 0.182. The summed E-state index contributed by atoms with van der Waals surface area (Å²) in [6.45, 7) is 3.28. The normalized spacial score (nSPS) is 10.5. The molecule has 3 rings (SSSR count). The number of rotatable bonds is 7. The molecule has 0 bridgehead atoms. The number of aryl methyl sites for hydroxylation is 1. The number of nitrogens with one attached hydrogen (secondary N) is 1. The highest BCUT2D eigenvalue weighted by molar-refractivity contribution is 5.51. The van der Waals surface area contributed by atoms with Crippen molar-refractivity contribution in [1.29, 1.82) is 0 Å². The predicted molar refractivity (Wildman–Crippen MR) is 100 cm³/mol. The van der Waals surface area contributed by atoms with Crippen molar-refractivity contribution in [3.05, 3.63) is 95.3 Å². The molecule has 0 spiro atoms. The highest BCUT2D eigenvalue weighted by Crippen LogP contribution is 2.18. The van der Waals surface area contributed by atoms with Crippen LogP contribution in [0.3, 0.4) is 0 Å². The first-order valence-electron chi connectivity index (χ1n) is 8.52. The quantitative estimate of drug-likeness (QED) is 0.608. The third-order valence-corrected chi connectivity index (χ3v) is 4.10. The number of ether oxygens (including phenoxy) is 1. The second kappa shape index (κ2) is 8.34. The van der Waals surface area contributed by atoms with Gasteiger partial charge in [-0.15, -0.1) is 0 Å². The van der Waals surface area contributed by atoms with Gasteiger partial charge in [0.2, 0.25) is 0 Å². The van der Waals surface area contributed by atoms with E-state index < -0.39 is 0 Å². The molecule has 3 aromatic carbocycles. The zero-order valence-electron chi connectivity index (χ0n) is 14.3. The van der Waals surface area contributed by atoms with Gasteiger partial charge in [0.25, 0.3) is 0 Å². The van der Waals surface area contributed by atoms with Gasteiger partial charge in [0.15, 0.2) is 0 Å². The predicted octanol–water partition coefficient (Wildman–Crippen LogP) is 5.58. The van der Waals surface area contributed by atoms with E-state index in [0.29, 0.717) is 6.61 Å². The van der Waals surface area contributed by atoms with E-state index in [0.717, 1.165) is 24.3 Å². The summed E-state index contributed by atoms with van der Waals surface area (Å²) in [6, 6.07) is 22.8. The van der Waals surface area contributed by atoms with Crippen molar-refractivity contribution in [2.75, 3.05) is 5.32 Å². The van der Waals surface area contributed by atoms with E-state index in [9.17, 15) is 4.39 Å². The van der Waals surface area contributed by atoms with Crippen LogP contribution in [0.5, 0.6) is 5.75 Å². The molecule has 0 unspecified atom stereocenters. The summed E-state index contributed by atoms with van der Waals surface area (Å²) < 4.78 is 18.9. The van der Waals surface area contributed by atoms with E-state index in [4.69, 9.17) is 4.74 Å². The van der Waals surface area contributed by atoms with Gasteiger partial charge in [0, 0.05) is 12.2 Å². The Morgan fingerprint density at radius 2 is 1.68 bits per heavy atom. The van der Waals surface area contributed by atoms with E-state index in [2.05, 4.69) is 30.4 Å². The molecule has 0 fully saturated rings. The molecular formula is C22H22FNO. The summed E-state index contributed by atoms with van der Waals surface area (Å²) in [5.74, 6) is 0.539. The van der Waals surface area contributed by atoms with Crippen LogP contribution in [0, 0.1) is 5.82 Å². The SMILES string of the molecule is CCc1ccccc1NCc1ccc(OCc2cccc(F)c2)cc1. The van der Waals surface area contributed by atoms with Gasteiger partial charge in [-0.3, -0.25) is 0 Å². The molecule has 0 saturated carbocycles. The van der Waals surface area contributed by atoms with Crippen LogP contribution in [0.25, 0.3) is 0 Å². The van der Waals surface area contributed by atoms with E-state index in [-0.39, 0.29) is 5.82 Å². The smallest absolute Gasteiger partial charge is 0.123 e. The molecule has 0 amide bonds. The van der Waals surface area contributed by atoms with Crippen LogP contribution in [-0.4, -0.2) is 0 Å². The minimum Gasteiger partial charge on any atom is -0.489 e. The topological polar surface area (TPSA) is 21.3 Å². The van der Waals surface area contributed by atoms with Crippen molar-refractivity contribution >= 4 is 5.69 Å². The maximum atomic E-state index is 13.2. The van der Waals surface area contributed by atoms with Gasteiger partial charge in [-0.2, -0.15) is 0 Å². The Kier molecular flexibility index (Phi) is 5.68. The van der Waals surface area contributed by atoms with Crippen molar-refractivity contribution in [3.63, 3.8) is 0 Å². The first kappa shape index (κ1) is 17.0. The lowest BCUT2D eigenvalue weighted by molar-refractivity contribution is 0.305. The summed E-state index contributed by atoms with van der Waals surface area (Å²) in [6.07, 6.45) is 1.01. The van der Waals surface area contributed by atoms with Gasteiger partial charge in [0.1, 0.15) is 18.2 Å². The number of anilines is 1. The lowest BCUT2D eigenvalue weighted by Gasteiger charge is -2.11. The largest absolute Gasteiger partial charge is 0.489 e. The Bertz CT molecular complexity index is 814. The standard InChI is InChI=1S/C22H22FNO/c1-2-19-7-3-4-9-22(19)24-15-17-10-12-21(13-11-17)25-16-18-6-5-8-20(23)14-18/h3-14,24H,2,15-16H2,1H3. The first-order chi connectivity index (χ1) is 12.2. The molecule has 0 heterocycles. The van der Waals surface area contributed by atoms with Crippen LogP contribution in [0.4, 0.5) is 10.1 Å². The zero-order valence-corrected chi connectivity index (χ0v) is 14.3. The summed E-state index contributed by atoms with van der Waals surface area (Å²) in [5, 5.41) is 3.48. The van der Waals surface area contributed by atoms with E-state index in [1.54, 1.807) is 6.07 Å². The molecule has 25 heavy (non-hydrogen) atoms. The summed E-state index contributed by atoms with van der Waals surface area (Å²) in [4.78, 5) is 0. The van der Waals surface area contributed by atoms with Gasteiger partial charge in [-0.25, -0.2) is 4.39 Å². The van der Waals surface area contributed by atoms with Crippen molar-refractivity contribution in [2.45, 2.75) is 26.5 Å². The molecular weight excluding hydrogens is 313 g/mol. The van der Waals surface area contributed by atoms with E-state index in [1.807, 2.05) is 36.4 Å². The number of halogens is 1. The Hall–Kier alpha value is -2.81. The Morgan fingerprint density at radius 1 is 0.880 bits per heavy atom. The fourth-order valence-electron chi connectivity index (χ4n) is 2.70. The Labute approximate surface area is 148 Å². The van der Waals surface area contributed by atoms with Gasteiger partial charge in [0.05, 0.1) is 0 Å². The first-order valence-corrected chi connectivity index (χ1v) is 8.52. The average Bonchev–Trinajstić information content (AvgIpc) is 2.66. The van der Waals surface area contributed by atoms with Crippen LogP contribution in [0.1, 0.15) is 23.6 Å². The zero-order chi connectivity index (χ0) is 17.5. The lowest BCUT2D eigenvalue weighted by Crippen LogP contribution is -2.02. The molecule has 0 aliphatic carbocycles. The molecule has 0 radical (unpaired) electrons. The number of hydrogen-bond donors (Lipinski definition) is 1. The lowest BCUT2D eigenvalue weighted by atomic mass is 10.1. The van der Waals surface area contributed by atoms with Gasteiger partial charge >= 0.3 is 0 Å². The average molecular weight is 335 g/mol. The van der Waals surface area contributed by atoms with Crippen LogP contribution in [-0.2, 0) is 19.6 Å². The van der Waals surface area contributed by atoms with Crippen LogP contribution >= 0.6 is 0 Å². The third-order valence-electron chi connectivity index (χ3n) is 4.10. The minimum absolute atomic E-state index is 0.241. The monoisotopic (exact) mass is 335 g/mol. The van der Waals surface area contributed by atoms with Gasteiger partial charge in [-0.1, -0.05) is 49.4 Å². The molecule has 0 saturated heterocycles. The Morgan fingerprint density at radius 3 is 2.44 bits per heavy atom. The van der Waals surface area contributed by atoms with Gasteiger partial charge in [-0.05, 0) is 53.4 Å². The fourth-order valence-corrected chi connectivity index (χ4v) is 2.70. The number of hydrogen-bond acceptors (Lipinski definition) is 2. The minimum atomic E-state index is -0.241. The van der Waals surface area contributed by atoms with Crippen LogP contribution < -0.4 is 10.1 Å².